The van der Waals surface area contributed by atoms with Crippen LogP contribution in [0.4, 0.5) is 5.82 Å². The number of oxazole rings is 1. The lowest BCUT2D eigenvalue weighted by Crippen LogP contribution is -1.85. The maximum Gasteiger partial charge on any atom is 0.206 e. The molecule has 0 aliphatic carbocycles. The molecule has 0 amide bonds. The minimum absolute atomic E-state index is 0.465. The molecule has 2 N–H and O–H groups in total. The van der Waals surface area contributed by atoms with Crippen molar-refractivity contribution in [2.75, 3.05) is 11.5 Å². The average molecular weight is 158 g/mol. The molecule has 1 aromatic heterocycles. The van der Waals surface area contributed by atoms with Gasteiger partial charge < -0.3 is 10.2 Å². The number of nitrogens with two attached hydrogens (primary N) is 1. The minimum atomic E-state index is 0.465. The van der Waals surface area contributed by atoms with E-state index in [4.69, 9.17) is 10.2 Å². The molecule has 0 spiro atoms. The van der Waals surface area contributed by atoms with Crippen molar-refractivity contribution >= 4 is 17.6 Å². The second kappa shape index (κ2) is 3.51. The van der Waals surface area contributed by atoms with Crippen molar-refractivity contribution in [2.24, 2.45) is 0 Å². The molecule has 1 heterocycles. The molecule has 0 bridgehead atoms. The third kappa shape index (κ3) is 1.95. The van der Waals surface area contributed by atoms with Gasteiger partial charge in [0.15, 0.2) is 5.82 Å². The van der Waals surface area contributed by atoms with E-state index < -0.39 is 0 Å². The molecule has 0 fully saturated rings. The van der Waals surface area contributed by atoms with E-state index in [0.717, 1.165) is 11.5 Å². The normalized spacial score (nSPS) is 10.1. The van der Waals surface area contributed by atoms with E-state index in [1.54, 1.807) is 11.8 Å². The fourth-order valence-electron chi connectivity index (χ4n) is 0.581. The molecule has 1 aromatic rings. The highest BCUT2D eigenvalue weighted by Crippen LogP contribution is 2.11. The Hall–Kier alpha value is -0.640. The predicted octanol–water partition coefficient (Wildman–Crippen LogP) is 1.51. The van der Waals surface area contributed by atoms with Gasteiger partial charge in [-0.05, 0) is 5.75 Å². The molecule has 0 unspecified atom stereocenters. The summed E-state index contributed by atoms with van der Waals surface area (Å²) in [7, 11) is 0. The lowest BCUT2D eigenvalue weighted by Gasteiger charge is -1.89. The summed E-state index contributed by atoms with van der Waals surface area (Å²) < 4.78 is 5.01. The van der Waals surface area contributed by atoms with E-state index in [2.05, 4.69) is 11.9 Å². The van der Waals surface area contributed by atoms with Crippen LogP contribution in [0.3, 0.4) is 0 Å². The van der Waals surface area contributed by atoms with Crippen molar-refractivity contribution < 1.29 is 4.42 Å². The number of nitrogens with zero attached hydrogens (tertiary/aromatic N) is 1. The number of thioether (sulfide) groups is 1. The van der Waals surface area contributed by atoms with Crippen molar-refractivity contribution in [3.05, 3.63) is 12.2 Å². The van der Waals surface area contributed by atoms with Gasteiger partial charge in [-0.2, -0.15) is 16.7 Å². The fraction of sp³-hybridized carbons (Fsp3) is 0.500. The SMILES string of the molecule is CCSCc1nc(N)co1. The second-order valence-electron chi connectivity index (χ2n) is 1.80. The van der Waals surface area contributed by atoms with Crippen molar-refractivity contribution in [3.8, 4) is 0 Å². The third-order valence-corrected chi connectivity index (χ3v) is 1.86. The topological polar surface area (TPSA) is 52.0 Å². The van der Waals surface area contributed by atoms with Gasteiger partial charge in [-0.1, -0.05) is 6.92 Å². The molecular formula is C6H10N2OS. The molecule has 0 radical (unpaired) electrons. The molecule has 0 atom stereocenters. The largest absolute Gasteiger partial charge is 0.446 e. The van der Waals surface area contributed by atoms with Crippen LogP contribution in [0.5, 0.6) is 0 Å². The quantitative estimate of drug-likeness (QED) is 0.724. The second-order valence-corrected chi connectivity index (χ2v) is 3.08. The Labute approximate surface area is 64.0 Å². The van der Waals surface area contributed by atoms with Crippen LogP contribution in [0, 0.1) is 0 Å². The Morgan fingerprint density at radius 1 is 1.80 bits per heavy atom. The maximum absolute atomic E-state index is 5.34. The number of aromatic nitrogens is 1. The summed E-state index contributed by atoms with van der Waals surface area (Å²) in [5.74, 6) is 3.06. The first-order valence-electron chi connectivity index (χ1n) is 3.10. The van der Waals surface area contributed by atoms with Gasteiger partial charge in [0.05, 0.1) is 5.75 Å². The molecule has 0 aliphatic heterocycles. The zero-order valence-electron chi connectivity index (χ0n) is 5.83. The van der Waals surface area contributed by atoms with Crippen LogP contribution in [0.15, 0.2) is 10.7 Å². The standard InChI is InChI=1S/C6H10N2OS/c1-2-10-4-6-8-5(7)3-9-6/h3H,2,4,7H2,1H3. The summed E-state index contributed by atoms with van der Waals surface area (Å²) in [4.78, 5) is 3.94. The first-order chi connectivity index (χ1) is 4.83. The Balaban J connectivity index is 2.42. The molecule has 4 heteroatoms. The number of rotatable bonds is 3. The van der Waals surface area contributed by atoms with Crippen LogP contribution in [0.25, 0.3) is 0 Å². The van der Waals surface area contributed by atoms with Crippen LogP contribution in [-0.4, -0.2) is 10.7 Å². The molecule has 10 heavy (non-hydrogen) atoms. The molecule has 0 aromatic carbocycles. The maximum atomic E-state index is 5.34. The van der Waals surface area contributed by atoms with Crippen molar-refractivity contribution in [3.63, 3.8) is 0 Å². The third-order valence-electron chi connectivity index (χ3n) is 0.999. The highest BCUT2D eigenvalue weighted by Gasteiger charge is 1.98. The van der Waals surface area contributed by atoms with Crippen LogP contribution in [0.2, 0.25) is 0 Å². The fourth-order valence-corrected chi connectivity index (χ4v) is 1.09. The van der Waals surface area contributed by atoms with E-state index in [1.807, 2.05) is 0 Å². The summed E-state index contributed by atoms with van der Waals surface area (Å²) in [5.41, 5.74) is 5.34. The number of anilines is 1. The summed E-state index contributed by atoms with van der Waals surface area (Å²) in [6, 6.07) is 0. The first kappa shape index (κ1) is 7.47. The van der Waals surface area contributed by atoms with Gasteiger partial charge in [-0.15, -0.1) is 0 Å². The zero-order valence-corrected chi connectivity index (χ0v) is 6.65. The van der Waals surface area contributed by atoms with Gasteiger partial charge in [0.25, 0.3) is 0 Å². The molecule has 3 nitrogen and oxygen atoms in total. The van der Waals surface area contributed by atoms with E-state index in [1.165, 1.54) is 6.26 Å². The Morgan fingerprint density at radius 2 is 2.60 bits per heavy atom. The zero-order chi connectivity index (χ0) is 7.40. The van der Waals surface area contributed by atoms with Gasteiger partial charge in [0.1, 0.15) is 6.26 Å². The van der Waals surface area contributed by atoms with Gasteiger partial charge in [-0.25, -0.2) is 0 Å². The number of hydrogen-bond donors (Lipinski definition) is 1. The smallest absolute Gasteiger partial charge is 0.206 e. The summed E-state index contributed by atoms with van der Waals surface area (Å²) in [6.45, 7) is 2.09. The lowest BCUT2D eigenvalue weighted by molar-refractivity contribution is 0.517. The van der Waals surface area contributed by atoms with Crippen LogP contribution < -0.4 is 5.73 Å². The number of hydrogen-bond acceptors (Lipinski definition) is 4. The van der Waals surface area contributed by atoms with Crippen molar-refractivity contribution in [2.45, 2.75) is 12.7 Å². The van der Waals surface area contributed by atoms with Crippen LogP contribution in [-0.2, 0) is 5.75 Å². The van der Waals surface area contributed by atoms with E-state index in [9.17, 15) is 0 Å². The van der Waals surface area contributed by atoms with Crippen LogP contribution >= 0.6 is 11.8 Å². The summed E-state index contributed by atoms with van der Waals surface area (Å²) >= 11 is 1.76. The molecular weight excluding hydrogens is 148 g/mol. The Bertz CT molecular complexity index is 199. The Morgan fingerprint density at radius 3 is 3.10 bits per heavy atom. The van der Waals surface area contributed by atoms with Gasteiger partial charge in [0.2, 0.25) is 5.89 Å². The molecule has 1 rings (SSSR count). The molecule has 0 saturated carbocycles. The lowest BCUT2D eigenvalue weighted by atomic mass is 10.8. The molecule has 0 saturated heterocycles. The monoisotopic (exact) mass is 158 g/mol. The van der Waals surface area contributed by atoms with E-state index in [0.29, 0.717) is 11.7 Å². The Kier molecular flexibility index (Phi) is 2.62. The van der Waals surface area contributed by atoms with Gasteiger partial charge >= 0.3 is 0 Å². The highest BCUT2D eigenvalue weighted by molar-refractivity contribution is 7.98. The number of nitrogen functional groups attached to an aromatic ring is 1. The predicted molar refractivity (Wildman–Crippen MR) is 42.8 cm³/mol. The van der Waals surface area contributed by atoms with Crippen molar-refractivity contribution in [1.29, 1.82) is 0 Å². The van der Waals surface area contributed by atoms with Gasteiger partial charge in [0, 0.05) is 0 Å². The van der Waals surface area contributed by atoms with E-state index in [-0.39, 0.29) is 0 Å². The summed E-state index contributed by atoms with van der Waals surface area (Å²) in [6.07, 6.45) is 1.46. The minimum Gasteiger partial charge on any atom is -0.446 e. The first-order valence-corrected chi connectivity index (χ1v) is 4.26. The van der Waals surface area contributed by atoms with Gasteiger partial charge in [-0.3, -0.25) is 0 Å². The van der Waals surface area contributed by atoms with Crippen LogP contribution in [0.1, 0.15) is 12.8 Å². The molecule has 0 aliphatic rings. The van der Waals surface area contributed by atoms with Crippen molar-refractivity contribution in [1.82, 2.24) is 4.98 Å². The summed E-state index contributed by atoms with van der Waals surface area (Å²) in [5, 5.41) is 0. The highest BCUT2D eigenvalue weighted by atomic mass is 32.2. The molecule has 56 valence electrons. The van der Waals surface area contributed by atoms with E-state index >= 15 is 0 Å². The average Bonchev–Trinajstić information content (AvgIpc) is 2.31.